The predicted molar refractivity (Wildman–Crippen MR) is 151 cm³/mol. The second kappa shape index (κ2) is 11.9. The number of aromatic nitrogens is 2. The Labute approximate surface area is 246 Å². The molecule has 3 atom stereocenters. The van der Waals surface area contributed by atoms with Crippen molar-refractivity contribution in [1.29, 1.82) is 5.26 Å². The molecule has 12 heteroatoms. The Morgan fingerprint density at radius 2 is 1.90 bits per heavy atom. The number of nitrogens with one attached hydrogen (secondary N) is 2. The fraction of sp³-hybridized carbons (Fsp3) is 0.367. The van der Waals surface area contributed by atoms with Crippen molar-refractivity contribution in [3.05, 3.63) is 85.8 Å². The Bertz CT molecular complexity index is 1610. The number of halogens is 3. The standard InChI is InChI=1S/C30H30ClF2N5O4/c1-15-8-19(12-22(33)26(15)42-24-9-16(2)36-37-28(24)40)27(39)35-17(3)29(41)38-23(6-7-25(38)30(4,5)14-34)18-10-20(31)13-21(32)11-18/h8-13,17,23,25H,6-7H2,1-5H3,(H,35,39)(H,37,40)/t17-,23+,25?/m1/s1. The minimum Gasteiger partial charge on any atom is -0.448 e. The molecule has 9 nitrogen and oxygen atoms in total. The van der Waals surface area contributed by atoms with Crippen LogP contribution in [-0.4, -0.2) is 39.0 Å². The number of carbonyl (C=O) groups is 2. The maximum absolute atomic E-state index is 15.1. The van der Waals surface area contributed by atoms with Crippen LogP contribution in [0.5, 0.6) is 11.5 Å². The maximum Gasteiger partial charge on any atom is 0.307 e. The molecule has 220 valence electrons. The third-order valence-corrected chi connectivity index (χ3v) is 7.57. The molecular weight excluding hydrogens is 568 g/mol. The molecule has 3 aromatic rings. The zero-order chi connectivity index (χ0) is 30.9. The molecule has 42 heavy (non-hydrogen) atoms. The van der Waals surface area contributed by atoms with E-state index in [1.54, 1.807) is 26.8 Å². The van der Waals surface area contributed by atoms with E-state index in [1.807, 2.05) is 0 Å². The van der Waals surface area contributed by atoms with Crippen molar-refractivity contribution in [3.8, 4) is 17.6 Å². The number of nitrogens with zero attached hydrogens (tertiary/aromatic N) is 3. The number of carbonyl (C=O) groups excluding carboxylic acids is 2. The number of amides is 2. The average Bonchev–Trinajstić information content (AvgIpc) is 3.37. The molecule has 1 unspecified atom stereocenters. The molecule has 1 saturated heterocycles. The second-order valence-electron chi connectivity index (χ2n) is 11.0. The minimum atomic E-state index is -1.07. The average molecular weight is 598 g/mol. The number of hydrogen-bond donors (Lipinski definition) is 2. The Morgan fingerprint density at radius 3 is 2.55 bits per heavy atom. The molecule has 0 saturated carbocycles. The van der Waals surface area contributed by atoms with Gasteiger partial charge in [-0.2, -0.15) is 10.4 Å². The van der Waals surface area contributed by atoms with Crippen LogP contribution < -0.4 is 15.6 Å². The van der Waals surface area contributed by atoms with Crippen LogP contribution >= 0.6 is 11.6 Å². The van der Waals surface area contributed by atoms with Gasteiger partial charge in [0.15, 0.2) is 17.3 Å². The molecule has 0 radical (unpaired) electrons. The highest BCUT2D eigenvalue weighted by Crippen LogP contribution is 2.44. The smallest absolute Gasteiger partial charge is 0.307 e. The SMILES string of the molecule is Cc1cc(Oc2c(C)cc(C(=O)N[C@H](C)C(=O)N3C(C(C)(C)C#N)CC[C@H]3c3cc(F)cc(Cl)c3)cc2F)c(=O)[nH]n1. The first kappa shape index (κ1) is 30.7. The maximum atomic E-state index is 15.1. The van der Waals surface area contributed by atoms with Gasteiger partial charge in [0.2, 0.25) is 5.91 Å². The monoisotopic (exact) mass is 597 g/mol. The van der Waals surface area contributed by atoms with E-state index in [9.17, 15) is 24.0 Å². The number of nitriles is 1. The Balaban J connectivity index is 1.58. The highest BCUT2D eigenvalue weighted by Gasteiger charge is 2.46. The summed E-state index contributed by atoms with van der Waals surface area (Å²) in [6.45, 7) is 8.07. The lowest BCUT2D eigenvalue weighted by molar-refractivity contribution is -0.137. The van der Waals surface area contributed by atoms with E-state index < -0.39 is 52.5 Å². The number of aromatic amines is 1. The Kier molecular flexibility index (Phi) is 8.68. The lowest BCUT2D eigenvalue weighted by atomic mass is 9.84. The first-order chi connectivity index (χ1) is 19.7. The molecule has 1 fully saturated rings. The summed E-state index contributed by atoms with van der Waals surface area (Å²) in [6, 6.07) is 7.83. The van der Waals surface area contributed by atoms with Crippen molar-refractivity contribution in [3.63, 3.8) is 0 Å². The lowest BCUT2D eigenvalue weighted by Crippen LogP contribution is -2.52. The number of ether oxygens (including phenoxy) is 1. The van der Waals surface area contributed by atoms with Crippen molar-refractivity contribution < 1.29 is 23.1 Å². The summed E-state index contributed by atoms with van der Waals surface area (Å²) < 4.78 is 34.8. The van der Waals surface area contributed by atoms with Crippen molar-refractivity contribution in [2.75, 3.05) is 0 Å². The molecule has 0 spiro atoms. The number of rotatable bonds is 7. The lowest BCUT2D eigenvalue weighted by Gasteiger charge is -2.38. The zero-order valence-electron chi connectivity index (χ0n) is 23.7. The molecule has 2 amide bonds. The van der Waals surface area contributed by atoms with E-state index in [-0.39, 0.29) is 27.6 Å². The van der Waals surface area contributed by atoms with E-state index in [0.717, 1.165) is 6.07 Å². The van der Waals surface area contributed by atoms with Crippen molar-refractivity contribution >= 4 is 23.4 Å². The van der Waals surface area contributed by atoms with Gasteiger partial charge in [-0.25, -0.2) is 13.9 Å². The van der Waals surface area contributed by atoms with Crippen LogP contribution in [0, 0.1) is 42.2 Å². The molecule has 2 aromatic carbocycles. The third kappa shape index (κ3) is 6.29. The fourth-order valence-corrected chi connectivity index (χ4v) is 5.45. The minimum absolute atomic E-state index is 0.0689. The first-order valence-electron chi connectivity index (χ1n) is 13.3. The first-order valence-corrected chi connectivity index (χ1v) is 13.6. The molecule has 0 aliphatic carbocycles. The van der Waals surface area contributed by atoms with Gasteiger partial charge < -0.3 is 15.0 Å². The summed E-state index contributed by atoms with van der Waals surface area (Å²) in [5.41, 5.74) is -0.464. The topological polar surface area (TPSA) is 128 Å². The third-order valence-electron chi connectivity index (χ3n) is 7.35. The highest BCUT2D eigenvalue weighted by molar-refractivity contribution is 6.30. The number of likely N-dealkylation sites (tertiary alicyclic amines) is 1. The summed E-state index contributed by atoms with van der Waals surface area (Å²) in [6.07, 6.45) is 0.950. The van der Waals surface area contributed by atoms with Gasteiger partial charge in [-0.15, -0.1) is 0 Å². The van der Waals surface area contributed by atoms with E-state index in [4.69, 9.17) is 16.3 Å². The van der Waals surface area contributed by atoms with Crippen LogP contribution in [0.15, 0.2) is 41.2 Å². The van der Waals surface area contributed by atoms with Gasteiger partial charge in [0, 0.05) is 16.7 Å². The van der Waals surface area contributed by atoms with Crippen LogP contribution in [-0.2, 0) is 4.79 Å². The summed E-state index contributed by atoms with van der Waals surface area (Å²) >= 11 is 6.09. The van der Waals surface area contributed by atoms with Crippen LogP contribution in [0.25, 0.3) is 0 Å². The van der Waals surface area contributed by atoms with Crippen LogP contribution in [0.3, 0.4) is 0 Å². The summed E-state index contributed by atoms with van der Waals surface area (Å²) in [4.78, 5) is 40.5. The molecule has 2 N–H and O–H groups in total. The molecular formula is C30H30ClF2N5O4. The summed E-state index contributed by atoms with van der Waals surface area (Å²) in [5.74, 6) is -3.03. The summed E-state index contributed by atoms with van der Waals surface area (Å²) in [5, 5.41) is 18.6. The largest absolute Gasteiger partial charge is 0.448 e. The van der Waals surface area contributed by atoms with Gasteiger partial charge in [-0.3, -0.25) is 14.4 Å². The van der Waals surface area contributed by atoms with Crippen LogP contribution in [0.4, 0.5) is 8.78 Å². The van der Waals surface area contributed by atoms with Gasteiger partial charge in [0.1, 0.15) is 11.9 Å². The fourth-order valence-electron chi connectivity index (χ4n) is 5.22. The normalized spacial score (nSPS) is 17.5. The molecule has 1 aliphatic heterocycles. The van der Waals surface area contributed by atoms with Crippen molar-refractivity contribution in [2.24, 2.45) is 5.41 Å². The van der Waals surface area contributed by atoms with E-state index in [1.165, 1.54) is 43.0 Å². The number of H-pyrrole nitrogens is 1. The number of benzene rings is 2. The van der Waals surface area contributed by atoms with Gasteiger partial charge in [0.05, 0.1) is 29.3 Å². The molecule has 4 rings (SSSR count). The Morgan fingerprint density at radius 1 is 1.19 bits per heavy atom. The number of hydrogen-bond acceptors (Lipinski definition) is 6. The van der Waals surface area contributed by atoms with Crippen molar-refractivity contribution in [1.82, 2.24) is 20.4 Å². The molecule has 1 aromatic heterocycles. The second-order valence-corrected chi connectivity index (χ2v) is 11.4. The Hall–Kier alpha value is -4.30. The zero-order valence-corrected chi connectivity index (χ0v) is 24.5. The van der Waals surface area contributed by atoms with Gasteiger partial charge in [-0.05, 0) is 88.9 Å². The highest BCUT2D eigenvalue weighted by atomic mass is 35.5. The van der Waals surface area contributed by atoms with Gasteiger partial charge in [0.25, 0.3) is 5.91 Å². The van der Waals surface area contributed by atoms with E-state index in [0.29, 0.717) is 24.1 Å². The molecule has 0 bridgehead atoms. The number of aryl methyl sites for hydroxylation is 2. The summed E-state index contributed by atoms with van der Waals surface area (Å²) in [7, 11) is 0. The van der Waals surface area contributed by atoms with E-state index in [2.05, 4.69) is 21.6 Å². The predicted octanol–water partition coefficient (Wildman–Crippen LogP) is 5.51. The van der Waals surface area contributed by atoms with Crippen molar-refractivity contribution in [2.45, 2.75) is 65.6 Å². The van der Waals surface area contributed by atoms with Crippen LogP contribution in [0.2, 0.25) is 5.02 Å². The quantitative estimate of drug-likeness (QED) is 0.369. The molecule has 1 aliphatic rings. The molecule has 2 heterocycles. The van der Waals surface area contributed by atoms with E-state index >= 15 is 4.39 Å². The van der Waals surface area contributed by atoms with Gasteiger partial charge >= 0.3 is 5.56 Å². The van der Waals surface area contributed by atoms with Gasteiger partial charge in [-0.1, -0.05) is 11.6 Å². The van der Waals surface area contributed by atoms with Crippen LogP contribution in [0.1, 0.15) is 66.8 Å².